The number of aromatic amines is 1. The third-order valence-electron chi connectivity index (χ3n) is 6.70. The normalized spacial score (nSPS) is 13.1. The summed E-state index contributed by atoms with van der Waals surface area (Å²) in [6, 6.07) is 16.1. The van der Waals surface area contributed by atoms with Crippen LogP contribution in [0.25, 0.3) is 33.5 Å². The molecule has 1 amide bonds. The molecule has 5 aromatic rings. The SMILES string of the molecule is CC[C@H](C)[C@H](NC(=O)Cc1c(-c2ccc(OC)cc2)oc2c(=O)cc(C)oc12)c1nc2ccccc2[nH]1. The van der Waals surface area contributed by atoms with Crippen molar-refractivity contribution < 1.29 is 18.4 Å². The summed E-state index contributed by atoms with van der Waals surface area (Å²) in [4.78, 5) is 34.2. The largest absolute Gasteiger partial charge is 0.497 e. The van der Waals surface area contributed by atoms with Crippen LogP contribution in [0.1, 0.15) is 43.5 Å². The van der Waals surface area contributed by atoms with Crippen molar-refractivity contribution in [2.75, 3.05) is 7.11 Å². The quantitative estimate of drug-likeness (QED) is 0.284. The summed E-state index contributed by atoms with van der Waals surface area (Å²) >= 11 is 0. The first-order valence-corrected chi connectivity index (χ1v) is 12.3. The lowest BCUT2D eigenvalue weighted by Gasteiger charge is -2.22. The molecule has 0 radical (unpaired) electrons. The summed E-state index contributed by atoms with van der Waals surface area (Å²) in [6.07, 6.45) is 0.815. The molecule has 0 aliphatic heterocycles. The van der Waals surface area contributed by atoms with E-state index in [4.69, 9.17) is 18.6 Å². The molecule has 8 nitrogen and oxygen atoms in total. The molecule has 0 aliphatic carbocycles. The predicted octanol–water partition coefficient (Wildman–Crippen LogP) is 5.69. The van der Waals surface area contributed by atoms with Gasteiger partial charge in [0.05, 0.1) is 36.2 Å². The van der Waals surface area contributed by atoms with Crippen LogP contribution in [0.4, 0.5) is 0 Å². The third-order valence-corrected chi connectivity index (χ3v) is 6.70. The number of ether oxygens (including phenoxy) is 1. The first-order valence-electron chi connectivity index (χ1n) is 12.3. The maximum absolute atomic E-state index is 13.5. The van der Waals surface area contributed by atoms with Crippen LogP contribution in [0.5, 0.6) is 5.75 Å². The van der Waals surface area contributed by atoms with Crippen LogP contribution >= 0.6 is 0 Å². The van der Waals surface area contributed by atoms with E-state index >= 15 is 0 Å². The van der Waals surface area contributed by atoms with Gasteiger partial charge >= 0.3 is 0 Å². The number of hydrogen-bond donors (Lipinski definition) is 2. The third kappa shape index (κ3) is 4.74. The van der Waals surface area contributed by atoms with Crippen LogP contribution in [-0.4, -0.2) is 23.0 Å². The van der Waals surface area contributed by atoms with E-state index in [9.17, 15) is 9.59 Å². The van der Waals surface area contributed by atoms with E-state index in [0.29, 0.717) is 34.2 Å². The number of hydrogen-bond acceptors (Lipinski definition) is 6. The van der Waals surface area contributed by atoms with E-state index in [-0.39, 0.29) is 40.9 Å². The molecule has 0 fully saturated rings. The van der Waals surface area contributed by atoms with Gasteiger partial charge in [0.2, 0.25) is 16.9 Å². The minimum atomic E-state index is -0.318. The second-order valence-electron chi connectivity index (χ2n) is 9.26. The number of fused-ring (bicyclic) bond motifs is 2. The zero-order valence-electron chi connectivity index (χ0n) is 21.3. The van der Waals surface area contributed by atoms with Gasteiger partial charge in [-0.1, -0.05) is 32.4 Å². The summed E-state index contributed by atoms with van der Waals surface area (Å²) in [6.45, 7) is 5.86. The maximum Gasteiger partial charge on any atom is 0.228 e. The Morgan fingerprint density at radius 2 is 1.86 bits per heavy atom. The van der Waals surface area contributed by atoms with Crippen molar-refractivity contribution in [1.29, 1.82) is 0 Å². The standard InChI is InChI=1S/C29H29N3O5/c1-5-16(2)25(29-30-21-8-6-7-9-22(21)31-29)32-24(34)15-20-26(18-10-12-19(35-4)13-11-18)37-28-23(33)14-17(3)36-27(20)28/h6-14,16,25H,5,15H2,1-4H3,(H,30,31)(H,32,34)/t16-,25-/m0/s1. The number of methoxy groups -OCH3 is 1. The van der Waals surface area contributed by atoms with Gasteiger partial charge in [0, 0.05) is 11.6 Å². The molecule has 0 bridgehead atoms. The van der Waals surface area contributed by atoms with Crippen LogP contribution in [0.3, 0.4) is 0 Å². The zero-order valence-corrected chi connectivity index (χ0v) is 21.3. The molecule has 0 spiro atoms. The summed E-state index contributed by atoms with van der Waals surface area (Å²) in [5.74, 6) is 2.16. The van der Waals surface area contributed by atoms with Crippen molar-refractivity contribution in [1.82, 2.24) is 15.3 Å². The average molecular weight is 500 g/mol. The van der Waals surface area contributed by atoms with Crippen LogP contribution < -0.4 is 15.5 Å². The Bertz CT molecular complexity index is 1590. The Balaban J connectivity index is 1.52. The topological polar surface area (TPSA) is 110 Å². The predicted molar refractivity (Wildman–Crippen MR) is 142 cm³/mol. The van der Waals surface area contributed by atoms with Gasteiger partial charge in [-0.15, -0.1) is 0 Å². The number of rotatable bonds is 8. The van der Waals surface area contributed by atoms with Crippen molar-refractivity contribution in [3.63, 3.8) is 0 Å². The molecular formula is C29H29N3O5. The van der Waals surface area contributed by atoms with E-state index in [1.165, 1.54) is 6.07 Å². The summed E-state index contributed by atoms with van der Waals surface area (Å²) in [7, 11) is 1.59. The molecule has 0 saturated carbocycles. The van der Waals surface area contributed by atoms with Crippen LogP contribution in [0, 0.1) is 12.8 Å². The molecule has 190 valence electrons. The van der Waals surface area contributed by atoms with Gasteiger partial charge in [0.25, 0.3) is 0 Å². The van der Waals surface area contributed by atoms with E-state index in [2.05, 4.69) is 24.1 Å². The Hall–Kier alpha value is -4.33. The molecule has 2 N–H and O–H groups in total. The Kier molecular flexibility index (Phi) is 6.56. The summed E-state index contributed by atoms with van der Waals surface area (Å²) in [5.41, 5.74) is 3.08. The number of carbonyl (C=O) groups is 1. The van der Waals surface area contributed by atoms with Gasteiger partial charge in [-0.3, -0.25) is 9.59 Å². The number of benzene rings is 2. The number of nitrogens with one attached hydrogen (secondary N) is 2. The molecule has 8 heteroatoms. The second-order valence-corrected chi connectivity index (χ2v) is 9.26. The highest BCUT2D eigenvalue weighted by Crippen LogP contribution is 2.34. The number of aryl methyl sites for hydroxylation is 1. The molecule has 2 aromatic carbocycles. The lowest BCUT2D eigenvalue weighted by atomic mass is 9.98. The smallest absolute Gasteiger partial charge is 0.228 e. The van der Waals surface area contributed by atoms with Gasteiger partial charge < -0.3 is 23.9 Å². The monoisotopic (exact) mass is 499 g/mol. The number of imidazole rings is 1. The Morgan fingerprint density at radius 3 is 2.57 bits per heavy atom. The number of H-pyrrole nitrogens is 1. The molecular weight excluding hydrogens is 470 g/mol. The number of carbonyl (C=O) groups excluding carboxylic acids is 1. The van der Waals surface area contributed by atoms with E-state index < -0.39 is 0 Å². The minimum Gasteiger partial charge on any atom is -0.497 e. The number of furan rings is 1. The van der Waals surface area contributed by atoms with Crippen molar-refractivity contribution in [3.8, 4) is 17.1 Å². The van der Waals surface area contributed by atoms with E-state index in [0.717, 1.165) is 17.5 Å². The van der Waals surface area contributed by atoms with Gasteiger partial charge in [-0.2, -0.15) is 0 Å². The molecule has 3 aromatic heterocycles. The second kappa shape index (κ2) is 9.97. The number of para-hydroxylation sites is 2. The van der Waals surface area contributed by atoms with Gasteiger partial charge in [-0.25, -0.2) is 4.98 Å². The Morgan fingerprint density at radius 1 is 1.11 bits per heavy atom. The molecule has 37 heavy (non-hydrogen) atoms. The highest BCUT2D eigenvalue weighted by Gasteiger charge is 2.27. The number of aromatic nitrogens is 2. The fourth-order valence-corrected chi connectivity index (χ4v) is 4.52. The van der Waals surface area contributed by atoms with E-state index in [1.54, 1.807) is 26.2 Å². The Labute approximate surface area is 213 Å². The first-order chi connectivity index (χ1) is 17.9. The molecule has 3 heterocycles. The maximum atomic E-state index is 13.5. The number of amides is 1. The fourth-order valence-electron chi connectivity index (χ4n) is 4.52. The van der Waals surface area contributed by atoms with Crippen molar-refractivity contribution in [3.05, 3.63) is 82.0 Å². The highest BCUT2D eigenvalue weighted by atomic mass is 16.5. The van der Waals surface area contributed by atoms with Gasteiger partial charge in [0.15, 0.2) is 5.58 Å². The lowest BCUT2D eigenvalue weighted by Crippen LogP contribution is -2.34. The average Bonchev–Trinajstić information content (AvgIpc) is 3.49. The van der Waals surface area contributed by atoms with Crippen molar-refractivity contribution >= 4 is 28.1 Å². The summed E-state index contributed by atoms with van der Waals surface area (Å²) in [5, 5.41) is 3.16. The van der Waals surface area contributed by atoms with Crippen LogP contribution in [-0.2, 0) is 11.2 Å². The van der Waals surface area contributed by atoms with Crippen LogP contribution in [0.15, 0.2) is 68.2 Å². The molecule has 0 saturated heterocycles. The van der Waals surface area contributed by atoms with Gasteiger partial charge in [0.1, 0.15) is 23.1 Å². The summed E-state index contributed by atoms with van der Waals surface area (Å²) < 4.78 is 17.2. The molecule has 2 atom stereocenters. The lowest BCUT2D eigenvalue weighted by molar-refractivity contribution is -0.121. The van der Waals surface area contributed by atoms with Gasteiger partial charge in [-0.05, 0) is 49.2 Å². The minimum absolute atomic E-state index is 0.0338. The zero-order chi connectivity index (χ0) is 26.1. The first kappa shape index (κ1) is 24.4. The van der Waals surface area contributed by atoms with Crippen molar-refractivity contribution in [2.45, 2.75) is 39.7 Å². The fraction of sp³-hybridized carbons (Fsp3) is 0.276. The highest BCUT2D eigenvalue weighted by molar-refractivity contribution is 5.90. The molecule has 5 rings (SSSR count). The van der Waals surface area contributed by atoms with Crippen LogP contribution in [0.2, 0.25) is 0 Å². The van der Waals surface area contributed by atoms with E-state index in [1.807, 2.05) is 36.4 Å². The molecule has 0 unspecified atom stereocenters. The van der Waals surface area contributed by atoms with Crippen molar-refractivity contribution in [2.24, 2.45) is 5.92 Å². The molecule has 0 aliphatic rings. The number of nitrogens with zero attached hydrogens (tertiary/aromatic N) is 1.